The first kappa shape index (κ1) is 13.5. The Kier molecular flexibility index (Phi) is 5.81. The maximum atomic E-state index is 11.0. The summed E-state index contributed by atoms with van der Waals surface area (Å²) in [6, 6.07) is -0.0304. The van der Waals surface area contributed by atoms with Crippen LogP contribution in [-0.2, 0) is 4.79 Å². The highest BCUT2D eigenvalue weighted by atomic mass is 16.4. The van der Waals surface area contributed by atoms with Crippen molar-refractivity contribution < 1.29 is 9.90 Å². The summed E-state index contributed by atoms with van der Waals surface area (Å²) < 4.78 is 0. The molecule has 2 N–H and O–H groups in total. The van der Waals surface area contributed by atoms with Gasteiger partial charge in [-0.1, -0.05) is 39.0 Å². The Balaban J connectivity index is 2.29. The van der Waals surface area contributed by atoms with Crippen LogP contribution >= 0.6 is 0 Å². The van der Waals surface area contributed by atoms with Crippen LogP contribution in [0.2, 0.25) is 0 Å². The Morgan fingerprint density at radius 3 is 2.56 bits per heavy atom. The minimum Gasteiger partial charge on any atom is -0.480 e. The van der Waals surface area contributed by atoms with Crippen molar-refractivity contribution in [3.05, 3.63) is 0 Å². The summed E-state index contributed by atoms with van der Waals surface area (Å²) in [5.74, 6) is 0.110. The summed E-state index contributed by atoms with van der Waals surface area (Å²) in [7, 11) is 0. The topological polar surface area (TPSA) is 49.3 Å². The molecule has 0 aliphatic heterocycles. The smallest absolute Gasteiger partial charge is 0.320 e. The van der Waals surface area contributed by atoms with Gasteiger partial charge in [0.15, 0.2) is 0 Å². The molecule has 0 bridgehead atoms. The van der Waals surface area contributed by atoms with Gasteiger partial charge in [-0.25, -0.2) is 0 Å². The van der Waals surface area contributed by atoms with Gasteiger partial charge in [0.2, 0.25) is 0 Å². The van der Waals surface area contributed by atoms with Gasteiger partial charge in [-0.05, 0) is 25.7 Å². The van der Waals surface area contributed by atoms with Crippen LogP contribution in [0.25, 0.3) is 0 Å². The lowest BCUT2D eigenvalue weighted by atomic mass is 9.98. The van der Waals surface area contributed by atoms with Crippen LogP contribution in [0.1, 0.15) is 58.8 Å². The number of rotatable bonds is 7. The van der Waals surface area contributed by atoms with Gasteiger partial charge in [-0.15, -0.1) is 0 Å². The Hall–Kier alpha value is -0.570. The molecule has 2 atom stereocenters. The van der Waals surface area contributed by atoms with E-state index in [1.54, 1.807) is 0 Å². The number of nitrogens with one attached hydrogen (secondary N) is 1. The van der Waals surface area contributed by atoms with Gasteiger partial charge < -0.3 is 10.4 Å². The maximum Gasteiger partial charge on any atom is 0.320 e. The fourth-order valence-electron chi connectivity index (χ4n) is 2.72. The van der Waals surface area contributed by atoms with E-state index >= 15 is 0 Å². The fourth-order valence-corrected chi connectivity index (χ4v) is 2.72. The Morgan fingerprint density at radius 2 is 2.06 bits per heavy atom. The predicted molar refractivity (Wildman–Crippen MR) is 65.5 cm³/mol. The third kappa shape index (κ3) is 4.52. The number of carboxylic acids is 1. The van der Waals surface area contributed by atoms with Gasteiger partial charge in [0.25, 0.3) is 0 Å². The highest BCUT2D eigenvalue weighted by molar-refractivity contribution is 5.73. The molecule has 0 heterocycles. The lowest BCUT2D eigenvalue weighted by Crippen LogP contribution is -2.42. The highest BCUT2D eigenvalue weighted by Gasteiger charge is 2.22. The molecule has 1 fully saturated rings. The minimum atomic E-state index is -0.708. The van der Waals surface area contributed by atoms with Crippen molar-refractivity contribution in [3.63, 3.8) is 0 Å². The number of carboxylic acid groups (broad SMARTS) is 1. The van der Waals surface area contributed by atoms with Crippen molar-refractivity contribution in [1.29, 1.82) is 0 Å². The maximum absolute atomic E-state index is 11.0. The Morgan fingerprint density at radius 1 is 1.44 bits per heavy atom. The molecular weight excluding hydrogens is 202 g/mol. The van der Waals surface area contributed by atoms with Crippen molar-refractivity contribution in [3.8, 4) is 0 Å². The second-order valence-electron chi connectivity index (χ2n) is 5.13. The molecule has 1 aliphatic rings. The van der Waals surface area contributed by atoms with Gasteiger partial charge in [0, 0.05) is 6.04 Å². The van der Waals surface area contributed by atoms with Crippen molar-refractivity contribution >= 4 is 5.97 Å². The molecule has 16 heavy (non-hydrogen) atoms. The van der Waals surface area contributed by atoms with Gasteiger partial charge in [0.05, 0.1) is 0 Å². The summed E-state index contributed by atoms with van der Waals surface area (Å²) in [6.45, 7) is 4.14. The van der Waals surface area contributed by atoms with Gasteiger partial charge in [0.1, 0.15) is 6.04 Å². The number of hydrogen-bond acceptors (Lipinski definition) is 2. The van der Waals surface area contributed by atoms with Crippen LogP contribution in [0.15, 0.2) is 0 Å². The standard InChI is InChI=1S/C13H25NO2/c1-3-6-12(13(15)16)14-10(2)9-11-7-4-5-8-11/h10-12,14H,3-9H2,1-2H3,(H,15,16)/t10-,12?/m0/s1. The summed E-state index contributed by atoms with van der Waals surface area (Å²) in [6.07, 6.45) is 8.15. The van der Waals surface area contributed by atoms with Crippen molar-refractivity contribution in [2.45, 2.75) is 70.9 Å². The van der Waals surface area contributed by atoms with Gasteiger partial charge in [-0.3, -0.25) is 4.79 Å². The van der Waals surface area contributed by atoms with E-state index in [4.69, 9.17) is 5.11 Å². The normalized spacial score (nSPS) is 20.9. The first-order valence-corrected chi connectivity index (χ1v) is 6.62. The first-order valence-electron chi connectivity index (χ1n) is 6.62. The van der Waals surface area contributed by atoms with Crippen molar-refractivity contribution in [1.82, 2.24) is 5.32 Å². The van der Waals surface area contributed by atoms with Gasteiger partial charge >= 0.3 is 5.97 Å². The summed E-state index contributed by atoms with van der Waals surface area (Å²) in [5, 5.41) is 12.3. The molecular formula is C13H25NO2. The average molecular weight is 227 g/mol. The largest absolute Gasteiger partial charge is 0.480 e. The lowest BCUT2D eigenvalue weighted by molar-refractivity contribution is -0.139. The van der Waals surface area contributed by atoms with Gasteiger partial charge in [-0.2, -0.15) is 0 Å². The summed E-state index contributed by atoms with van der Waals surface area (Å²) >= 11 is 0. The fraction of sp³-hybridized carbons (Fsp3) is 0.923. The summed E-state index contributed by atoms with van der Waals surface area (Å²) in [5.41, 5.74) is 0. The van der Waals surface area contributed by atoms with Crippen molar-refractivity contribution in [2.24, 2.45) is 5.92 Å². The second kappa shape index (κ2) is 6.89. The van der Waals surface area contributed by atoms with Crippen LogP contribution in [0.3, 0.4) is 0 Å². The Labute approximate surface area is 98.6 Å². The minimum absolute atomic E-state index is 0.329. The number of hydrogen-bond donors (Lipinski definition) is 2. The third-order valence-corrected chi connectivity index (χ3v) is 3.52. The zero-order valence-corrected chi connectivity index (χ0v) is 10.5. The predicted octanol–water partition coefficient (Wildman–Crippen LogP) is 2.80. The SMILES string of the molecule is CCCC(N[C@@H](C)CC1CCCC1)C(=O)O. The van der Waals surface area contributed by atoms with Crippen LogP contribution in [0.4, 0.5) is 0 Å². The molecule has 1 saturated carbocycles. The molecule has 0 spiro atoms. The van der Waals surface area contributed by atoms with E-state index in [1.165, 1.54) is 25.7 Å². The monoisotopic (exact) mass is 227 g/mol. The van der Waals surface area contributed by atoms with E-state index in [2.05, 4.69) is 12.2 Å². The molecule has 0 radical (unpaired) electrons. The van der Waals surface area contributed by atoms with Crippen LogP contribution in [-0.4, -0.2) is 23.2 Å². The molecule has 1 rings (SSSR count). The molecule has 3 nitrogen and oxygen atoms in total. The molecule has 0 aromatic heterocycles. The Bertz CT molecular complexity index is 212. The number of carbonyl (C=O) groups is 1. The second-order valence-corrected chi connectivity index (χ2v) is 5.13. The molecule has 94 valence electrons. The lowest BCUT2D eigenvalue weighted by Gasteiger charge is -2.22. The van der Waals surface area contributed by atoms with E-state index in [0.717, 1.165) is 25.2 Å². The highest BCUT2D eigenvalue weighted by Crippen LogP contribution is 2.28. The summed E-state index contributed by atoms with van der Waals surface area (Å²) in [4.78, 5) is 11.0. The molecule has 0 aromatic carbocycles. The van der Waals surface area contributed by atoms with Crippen LogP contribution < -0.4 is 5.32 Å². The average Bonchev–Trinajstić information content (AvgIpc) is 2.69. The number of aliphatic carboxylic acids is 1. The van der Waals surface area contributed by atoms with E-state index in [9.17, 15) is 4.79 Å². The van der Waals surface area contributed by atoms with Crippen molar-refractivity contribution in [2.75, 3.05) is 0 Å². The third-order valence-electron chi connectivity index (χ3n) is 3.52. The molecule has 0 aromatic rings. The quantitative estimate of drug-likeness (QED) is 0.703. The first-order chi connectivity index (χ1) is 7.63. The van der Waals surface area contributed by atoms with E-state index in [1.807, 2.05) is 6.92 Å². The van der Waals surface area contributed by atoms with E-state index in [0.29, 0.717) is 6.04 Å². The molecule has 0 amide bonds. The zero-order chi connectivity index (χ0) is 12.0. The molecule has 1 aliphatic carbocycles. The zero-order valence-electron chi connectivity index (χ0n) is 10.5. The van der Waals surface area contributed by atoms with E-state index < -0.39 is 5.97 Å². The van der Waals surface area contributed by atoms with Crippen LogP contribution in [0.5, 0.6) is 0 Å². The van der Waals surface area contributed by atoms with Crippen LogP contribution in [0, 0.1) is 5.92 Å². The molecule has 3 heteroatoms. The molecule has 0 saturated heterocycles. The van der Waals surface area contributed by atoms with E-state index in [-0.39, 0.29) is 6.04 Å². The molecule has 1 unspecified atom stereocenters.